The zero-order valence-electron chi connectivity index (χ0n) is 18.7. The maximum atomic E-state index is 14.8. The first-order valence-electron chi connectivity index (χ1n) is 10.5. The molecule has 2 N–H and O–H groups in total. The molecular weight excluding hydrogens is 434 g/mol. The molecule has 2 aromatic rings. The van der Waals surface area contributed by atoms with Gasteiger partial charge in [-0.3, -0.25) is 4.72 Å². The Bertz CT molecular complexity index is 1060. The molecule has 1 aliphatic carbocycles. The highest BCUT2D eigenvalue weighted by Crippen LogP contribution is 2.49. The van der Waals surface area contributed by atoms with Gasteiger partial charge in [-0.25, -0.2) is 17.2 Å². The van der Waals surface area contributed by atoms with Crippen molar-refractivity contribution in [3.05, 3.63) is 72.8 Å². The lowest BCUT2D eigenvalue weighted by Gasteiger charge is -2.22. The van der Waals surface area contributed by atoms with Gasteiger partial charge < -0.3 is 10.1 Å². The molecule has 2 aromatic carbocycles. The van der Waals surface area contributed by atoms with Gasteiger partial charge in [0.1, 0.15) is 23.7 Å². The third-order valence-corrected chi connectivity index (χ3v) is 7.18. The number of nitrogens with one attached hydrogen (secondary N) is 2. The van der Waals surface area contributed by atoms with Crippen molar-refractivity contribution in [2.24, 2.45) is 0 Å². The van der Waals surface area contributed by atoms with Crippen molar-refractivity contribution in [2.75, 3.05) is 16.6 Å². The Morgan fingerprint density at radius 2 is 1.72 bits per heavy atom. The molecule has 0 unspecified atom stereocenters. The molecule has 1 fully saturated rings. The highest BCUT2D eigenvalue weighted by molar-refractivity contribution is 7.94. The van der Waals surface area contributed by atoms with Gasteiger partial charge in [0.25, 0.3) is 0 Å². The first-order chi connectivity index (χ1) is 15.2. The van der Waals surface area contributed by atoms with E-state index in [0.717, 1.165) is 11.6 Å². The fraction of sp³-hybridized carbons (Fsp3) is 0.333. The minimum Gasteiger partial charge on any atom is -0.487 e. The van der Waals surface area contributed by atoms with Crippen LogP contribution in [-0.4, -0.2) is 19.8 Å². The van der Waals surface area contributed by atoms with Crippen LogP contribution >= 0.6 is 0 Å². The summed E-state index contributed by atoms with van der Waals surface area (Å²) in [6, 6.07) is 7.78. The molecule has 0 atom stereocenters. The van der Waals surface area contributed by atoms with Crippen LogP contribution < -0.4 is 14.8 Å². The normalized spacial score (nSPS) is 13.9. The van der Waals surface area contributed by atoms with Crippen molar-refractivity contribution in [1.82, 2.24) is 0 Å². The second-order valence-corrected chi connectivity index (χ2v) is 9.37. The lowest BCUT2D eigenvalue weighted by Crippen LogP contribution is -2.30. The van der Waals surface area contributed by atoms with Gasteiger partial charge in [-0.1, -0.05) is 50.3 Å². The Morgan fingerprint density at radius 3 is 2.25 bits per heavy atom. The first kappa shape index (κ1) is 25.4. The van der Waals surface area contributed by atoms with Crippen molar-refractivity contribution >= 4 is 27.1 Å². The summed E-state index contributed by atoms with van der Waals surface area (Å²) in [6.07, 6.45) is 4.14. The van der Waals surface area contributed by atoms with Crippen molar-refractivity contribution < 1.29 is 21.9 Å². The van der Waals surface area contributed by atoms with E-state index in [9.17, 15) is 17.2 Å². The van der Waals surface area contributed by atoms with Crippen molar-refractivity contribution in [3.8, 4) is 5.75 Å². The Kier molecular flexibility index (Phi) is 8.44. The highest BCUT2D eigenvalue weighted by atomic mass is 32.2. The number of benzene rings is 2. The summed E-state index contributed by atoms with van der Waals surface area (Å²) in [7, 11) is -3.92. The number of ether oxygens (including phenoxy) is 1. The molecule has 0 amide bonds. The zero-order chi connectivity index (χ0) is 23.9. The van der Waals surface area contributed by atoms with Crippen molar-refractivity contribution in [1.29, 1.82) is 0 Å². The van der Waals surface area contributed by atoms with Gasteiger partial charge in [-0.2, -0.15) is 0 Å². The minimum atomic E-state index is -3.92. The molecule has 0 bridgehead atoms. The van der Waals surface area contributed by atoms with E-state index in [1.165, 1.54) is 12.2 Å². The first-order valence-corrected chi connectivity index (χ1v) is 11.9. The molecule has 1 aliphatic rings. The molecule has 0 spiro atoms. The molecule has 0 aliphatic heterocycles. The third-order valence-electron chi connectivity index (χ3n) is 4.99. The lowest BCUT2D eigenvalue weighted by atomic mass is 10.2. The maximum absolute atomic E-state index is 14.8. The summed E-state index contributed by atoms with van der Waals surface area (Å²) in [5.41, 5.74) is 0.909. The van der Waals surface area contributed by atoms with E-state index < -0.39 is 26.4 Å². The van der Waals surface area contributed by atoms with Crippen LogP contribution in [0.15, 0.2) is 55.6 Å². The second-order valence-electron chi connectivity index (χ2n) is 7.29. The molecule has 5 nitrogen and oxygen atoms in total. The molecule has 0 saturated heterocycles. The number of sulfonamides is 1. The van der Waals surface area contributed by atoms with Gasteiger partial charge >= 0.3 is 0 Å². The fourth-order valence-electron chi connectivity index (χ4n) is 3.09. The van der Waals surface area contributed by atoms with Gasteiger partial charge in [0.2, 0.25) is 10.0 Å². The molecule has 8 heteroatoms. The molecule has 1 saturated carbocycles. The topological polar surface area (TPSA) is 67.4 Å². The SMILES string of the molecule is C=CCOc1cc(F)c(F)c(Nc2ccc(C)cc2)c1NS(=O)(=O)C1(CC=C)CC1.CC. The van der Waals surface area contributed by atoms with Crippen molar-refractivity contribution in [3.63, 3.8) is 0 Å². The summed E-state index contributed by atoms with van der Waals surface area (Å²) in [4.78, 5) is 0. The van der Waals surface area contributed by atoms with Crippen LogP contribution in [0.4, 0.5) is 25.8 Å². The Hall–Kier alpha value is -2.87. The van der Waals surface area contributed by atoms with Crippen LogP contribution in [0.5, 0.6) is 5.75 Å². The van der Waals surface area contributed by atoms with Crippen LogP contribution in [0.2, 0.25) is 0 Å². The quantitative estimate of drug-likeness (QED) is 0.396. The molecule has 0 heterocycles. The number of rotatable bonds is 10. The third kappa shape index (κ3) is 5.48. The van der Waals surface area contributed by atoms with Crippen LogP contribution in [0, 0.1) is 18.6 Å². The predicted octanol–water partition coefficient (Wildman–Crippen LogP) is 6.46. The van der Waals surface area contributed by atoms with Crippen molar-refractivity contribution in [2.45, 2.75) is 44.8 Å². The van der Waals surface area contributed by atoms with Gasteiger partial charge in [0.15, 0.2) is 11.6 Å². The molecule has 3 rings (SSSR count). The Labute approximate surface area is 189 Å². The number of anilines is 3. The van der Waals surface area contributed by atoms with Gasteiger partial charge in [0, 0.05) is 11.8 Å². The molecule has 174 valence electrons. The molecule has 0 radical (unpaired) electrons. The van der Waals surface area contributed by atoms with E-state index in [0.29, 0.717) is 18.5 Å². The van der Waals surface area contributed by atoms with Crippen LogP contribution in [-0.2, 0) is 10.0 Å². The van der Waals surface area contributed by atoms with Crippen LogP contribution in [0.1, 0.15) is 38.7 Å². The maximum Gasteiger partial charge on any atom is 0.238 e. The molecule has 0 aromatic heterocycles. The van der Waals surface area contributed by atoms with Gasteiger partial charge in [-0.15, -0.1) is 6.58 Å². The van der Waals surface area contributed by atoms with E-state index in [2.05, 4.69) is 23.2 Å². The minimum absolute atomic E-state index is 0.0123. The standard InChI is InChI=1S/C22H24F2N2O3S.C2H6/c1-4-10-22(11-12-22)30(27,28)26-20-18(29-13-5-2)14-17(23)19(24)21(20)25-16-8-6-15(3)7-9-16;1-2/h4-9,14,25-26H,1-2,10-13H2,3H3;1-2H3. The number of hydrogen-bond donors (Lipinski definition) is 2. The van der Waals surface area contributed by atoms with Gasteiger partial charge in [0.05, 0.1) is 4.75 Å². The van der Waals surface area contributed by atoms with Crippen LogP contribution in [0.3, 0.4) is 0 Å². The average molecular weight is 465 g/mol. The number of hydrogen-bond acceptors (Lipinski definition) is 4. The smallest absolute Gasteiger partial charge is 0.238 e. The highest BCUT2D eigenvalue weighted by Gasteiger charge is 2.54. The van der Waals surface area contributed by atoms with E-state index in [-0.39, 0.29) is 30.2 Å². The molecular formula is C24H30F2N2O3S. The lowest BCUT2D eigenvalue weighted by molar-refractivity contribution is 0.361. The van der Waals surface area contributed by atoms with E-state index >= 15 is 0 Å². The van der Waals surface area contributed by atoms with Crippen LogP contribution in [0.25, 0.3) is 0 Å². The Balaban J connectivity index is 0.00000176. The van der Waals surface area contributed by atoms with E-state index in [1.54, 1.807) is 24.3 Å². The largest absolute Gasteiger partial charge is 0.487 e. The van der Waals surface area contributed by atoms with E-state index in [1.807, 2.05) is 20.8 Å². The van der Waals surface area contributed by atoms with E-state index in [4.69, 9.17) is 4.74 Å². The summed E-state index contributed by atoms with van der Waals surface area (Å²) < 4.78 is 62.1. The summed E-state index contributed by atoms with van der Waals surface area (Å²) >= 11 is 0. The monoisotopic (exact) mass is 464 g/mol. The number of halogens is 2. The number of aryl methyl sites for hydroxylation is 1. The summed E-state index contributed by atoms with van der Waals surface area (Å²) in [6.45, 7) is 13.0. The van der Waals surface area contributed by atoms with Gasteiger partial charge in [-0.05, 0) is 38.3 Å². The summed E-state index contributed by atoms with van der Waals surface area (Å²) in [5, 5.41) is 2.78. The average Bonchev–Trinajstić information content (AvgIpc) is 3.57. The molecule has 32 heavy (non-hydrogen) atoms. The second kappa shape index (κ2) is 10.6. The fourth-order valence-corrected chi connectivity index (χ4v) is 4.76. The predicted molar refractivity (Wildman–Crippen MR) is 127 cm³/mol. The summed E-state index contributed by atoms with van der Waals surface area (Å²) in [5.74, 6) is -2.52. The zero-order valence-corrected chi connectivity index (χ0v) is 19.5. The Morgan fingerprint density at radius 1 is 1.09 bits per heavy atom. The number of allylic oxidation sites excluding steroid dienone is 1.